The maximum Gasteiger partial charge on any atom is 0.320 e. The summed E-state index contributed by atoms with van der Waals surface area (Å²) in [5.74, 6) is 0.750. The van der Waals surface area contributed by atoms with Gasteiger partial charge in [0.05, 0.1) is 5.69 Å². The van der Waals surface area contributed by atoms with Crippen LogP contribution in [0.1, 0.15) is 37.9 Å². The van der Waals surface area contributed by atoms with Crippen molar-refractivity contribution in [3.8, 4) is 5.69 Å². The third kappa shape index (κ3) is 4.52. The van der Waals surface area contributed by atoms with E-state index in [0.29, 0.717) is 35.0 Å². The van der Waals surface area contributed by atoms with Crippen molar-refractivity contribution < 1.29 is 4.79 Å². The van der Waals surface area contributed by atoms with Crippen molar-refractivity contribution in [3.05, 3.63) is 64.2 Å². The molecule has 186 valence electrons. The quantitative estimate of drug-likeness (QED) is 0.329. The summed E-state index contributed by atoms with van der Waals surface area (Å²) in [5, 5.41) is 12.5. The molecule has 1 aliphatic rings. The van der Waals surface area contributed by atoms with Gasteiger partial charge in [-0.25, -0.2) is 24.1 Å². The second-order valence-corrected chi connectivity index (χ2v) is 8.91. The van der Waals surface area contributed by atoms with Gasteiger partial charge in [-0.1, -0.05) is 6.07 Å². The second kappa shape index (κ2) is 9.78. The molecule has 0 saturated heterocycles. The predicted octanol–water partition coefficient (Wildman–Crippen LogP) is 3.09. The monoisotopic (exact) mass is 487 g/mol. The number of pyridine rings is 1. The minimum atomic E-state index is -0.351. The molecule has 0 unspecified atom stereocenters. The fraction of sp³-hybridized carbons (Fsp3) is 0.320. The molecule has 0 radical (unpaired) electrons. The van der Waals surface area contributed by atoms with Crippen LogP contribution in [0.4, 0.5) is 22.2 Å². The van der Waals surface area contributed by atoms with Gasteiger partial charge in [0.1, 0.15) is 11.2 Å². The summed E-state index contributed by atoms with van der Waals surface area (Å²) >= 11 is 0. The SMILES string of the molecule is CCNC(=O)Nc1cc(-n2c3nc(Nc4ccc5c(c4)CCNC5)ncc3c(=O)n2C(C)C)ccn1. The standard InChI is InChI=1S/C25H29N9O2/c1-4-27-25(36)31-21-12-19(8-10-28-21)34-22-20(23(35)33(34)15(2)3)14-29-24(32-22)30-18-6-5-17-13-26-9-7-16(17)11-18/h5-6,8,10-12,14-15,26H,4,7,9,13H2,1-3H3,(H,29,30,32)(H2,27,28,31,36). The van der Waals surface area contributed by atoms with Gasteiger partial charge in [0.15, 0.2) is 5.65 Å². The Morgan fingerprint density at radius 3 is 2.83 bits per heavy atom. The van der Waals surface area contributed by atoms with Crippen LogP contribution in [0.15, 0.2) is 47.5 Å². The first-order valence-corrected chi connectivity index (χ1v) is 12.1. The highest BCUT2D eigenvalue weighted by Gasteiger charge is 2.20. The Morgan fingerprint density at radius 2 is 2.03 bits per heavy atom. The van der Waals surface area contributed by atoms with Crippen LogP contribution in [-0.2, 0) is 13.0 Å². The maximum absolute atomic E-state index is 13.3. The Balaban J connectivity index is 1.56. The van der Waals surface area contributed by atoms with Crippen molar-refractivity contribution in [2.24, 2.45) is 0 Å². The Kier molecular flexibility index (Phi) is 6.38. The van der Waals surface area contributed by atoms with E-state index < -0.39 is 0 Å². The molecule has 3 aromatic heterocycles. The van der Waals surface area contributed by atoms with Gasteiger partial charge in [-0.2, -0.15) is 4.98 Å². The average molecular weight is 488 g/mol. The molecule has 2 amide bonds. The van der Waals surface area contributed by atoms with Crippen molar-refractivity contribution in [2.75, 3.05) is 23.7 Å². The summed E-state index contributed by atoms with van der Waals surface area (Å²) in [5.41, 5.74) is 4.40. The number of aromatic nitrogens is 5. The lowest BCUT2D eigenvalue weighted by atomic mass is 10.0. The molecule has 11 nitrogen and oxygen atoms in total. The van der Waals surface area contributed by atoms with Gasteiger partial charge in [-0.05, 0) is 63.1 Å². The van der Waals surface area contributed by atoms with E-state index in [9.17, 15) is 9.59 Å². The van der Waals surface area contributed by atoms with Crippen LogP contribution in [0.2, 0.25) is 0 Å². The molecule has 0 bridgehead atoms. The zero-order chi connectivity index (χ0) is 25.2. The molecule has 5 rings (SSSR count). The average Bonchev–Trinajstić information content (AvgIpc) is 3.16. The van der Waals surface area contributed by atoms with E-state index in [1.807, 2.05) is 26.8 Å². The van der Waals surface area contributed by atoms with E-state index in [-0.39, 0.29) is 17.6 Å². The molecule has 1 aliphatic heterocycles. The van der Waals surface area contributed by atoms with Gasteiger partial charge in [-0.3, -0.25) is 10.1 Å². The summed E-state index contributed by atoms with van der Waals surface area (Å²) in [7, 11) is 0. The van der Waals surface area contributed by atoms with E-state index in [0.717, 1.165) is 25.2 Å². The number of fused-ring (bicyclic) bond motifs is 2. The Labute approximate surface area is 208 Å². The third-order valence-corrected chi connectivity index (χ3v) is 6.03. The van der Waals surface area contributed by atoms with Crippen molar-refractivity contribution in [1.82, 2.24) is 34.9 Å². The number of carbonyl (C=O) groups excluding carboxylic acids is 1. The number of nitrogens with zero attached hydrogens (tertiary/aromatic N) is 5. The van der Waals surface area contributed by atoms with Crippen LogP contribution < -0.4 is 26.8 Å². The number of nitrogens with one attached hydrogen (secondary N) is 4. The molecule has 0 spiro atoms. The Morgan fingerprint density at radius 1 is 1.17 bits per heavy atom. The number of rotatable bonds is 6. The van der Waals surface area contributed by atoms with E-state index >= 15 is 0 Å². The number of urea groups is 1. The van der Waals surface area contributed by atoms with Gasteiger partial charge in [-0.15, -0.1) is 0 Å². The van der Waals surface area contributed by atoms with Gasteiger partial charge >= 0.3 is 6.03 Å². The minimum absolute atomic E-state index is 0.148. The number of amides is 2. The summed E-state index contributed by atoms with van der Waals surface area (Å²) in [6, 6.07) is 9.22. The lowest BCUT2D eigenvalue weighted by Crippen LogP contribution is -2.28. The molecule has 11 heteroatoms. The van der Waals surface area contributed by atoms with Gasteiger partial charge in [0.2, 0.25) is 5.95 Å². The van der Waals surface area contributed by atoms with Crippen molar-refractivity contribution in [3.63, 3.8) is 0 Å². The number of hydrogen-bond acceptors (Lipinski definition) is 7. The van der Waals surface area contributed by atoms with E-state index in [1.54, 1.807) is 33.9 Å². The first-order chi connectivity index (χ1) is 17.4. The summed E-state index contributed by atoms with van der Waals surface area (Å²) in [6.07, 6.45) is 4.11. The van der Waals surface area contributed by atoms with Crippen molar-refractivity contribution in [1.29, 1.82) is 0 Å². The zero-order valence-corrected chi connectivity index (χ0v) is 20.5. The first-order valence-electron chi connectivity index (χ1n) is 12.1. The highest BCUT2D eigenvalue weighted by Crippen LogP contribution is 2.24. The van der Waals surface area contributed by atoms with E-state index in [2.05, 4.69) is 43.4 Å². The fourth-order valence-electron chi connectivity index (χ4n) is 4.40. The molecule has 36 heavy (non-hydrogen) atoms. The van der Waals surface area contributed by atoms with Crippen molar-refractivity contribution >= 4 is 34.5 Å². The number of benzene rings is 1. The van der Waals surface area contributed by atoms with Crippen LogP contribution >= 0.6 is 0 Å². The lowest BCUT2D eigenvalue weighted by Gasteiger charge is -2.18. The molecular weight excluding hydrogens is 458 g/mol. The van der Waals surface area contributed by atoms with Crippen LogP contribution in [0.5, 0.6) is 0 Å². The van der Waals surface area contributed by atoms with E-state index in [1.165, 1.54) is 11.1 Å². The topological polar surface area (TPSA) is 131 Å². The van der Waals surface area contributed by atoms with Gasteiger partial charge < -0.3 is 16.0 Å². The first kappa shape index (κ1) is 23.5. The summed E-state index contributed by atoms with van der Waals surface area (Å²) < 4.78 is 3.37. The Hall–Kier alpha value is -4.25. The normalized spacial score (nSPS) is 13.0. The molecule has 1 aromatic carbocycles. The zero-order valence-electron chi connectivity index (χ0n) is 20.5. The molecule has 0 saturated carbocycles. The third-order valence-electron chi connectivity index (χ3n) is 6.03. The molecule has 0 atom stereocenters. The second-order valence-electron chi connectivity index (χ2n) is 8.91. The minimum Gasteiger partial charge on any atom is -0.338 e. The smallest absolute Gasteiger partial charge is 0.320 e. The van der Waals surface area contributed by atoms with Crippen LogP contribution in [0.25, 0.3) is 16.7 Å². The lowest BCUT2D eigenvalue weighted by molar-refractivity contribution is 0.252. The van der Waals surface area contributed by atoms with Crippen LogP contribution in [0, 0.1) is 0 Å². The van der Waals surface area contributed by atoms with E-state index in [4.69, 9.17) is 4.98 Å². The van der Waals surface area contributed by atoms with Crippen molar-refractivity contribution in [2.45, 2.75) is 39.8 Å². The van der Waals surface area contributed by atoms with Gasteiger partial charge in [0, 0.05) is 43.3 Å². The molecule has 4 aromatic rings. The molecule has 4 N–H and O–H groups in total. The maximum atomic E-state index is 13.3. The van der Waals surface area contributed by atoms with Crippen LogP contribution in [0.3, 0.4) is 0 Å². The summed E-state index contributed by atoms with van der Waals surface area (Å²) in [4.78, 5) is 38.7. The number of hydrogen-bond donors (Lipinski definition) is 4. The number of anilines is 3. The van der Waals surface area contributed by atoms with Crippen LogP contribution in [-0.4, -0.2) is 43.4 Å². The highest BCUT2D eigenvalue weighted by molar-refractivity contribution is 5.88. The predicted molar refractivity (Wildman–Crippen MR) is 139 cm³/mol. The molecular formula is C25H29N9O2. The molecule has 4 heterocycles. The fourth-order valence-corrected chi connectivity index (χ4v) is 4.40. The largest absolute Gasteiger partial charge is 0.338 e. The Bertz CT molecular complexity index is 1490. The highest BCUT2D eigenvalue weighted by atomic mass is 16.2. The molecule has 0 fully saturated rings. The summed E-state index contributed by atoms with van der Waals surface area (Å²) in [6.45, 7) is 8.02. The number of carbonyl (C=O) groups is 1. The molecule has 0 aliphatic carbocycles. The van der Waals surface area contributed by atoms with Gasteiger partial charge in [0.25, 0.3) is 5.56 Å².